The first-order valence-corrected chi connectivity index (χ1v) is 12.8. The Morgan fingerprint density at radius 2 is 1.87 bits per heavy atom. The first kappa shape index (κ1) is 31.7. The highest BCUT2D eigenvalue weighted by Crippen LogP contribution is 2.38. The molecule has 0 aromatic rings. The zero-order valence-electron chi connectivity index (χ0n) is 23.5. The third kappa shape index (κ3) is 7.35. The van der Waals surface area contributed by atoms with Crippen molar-refractivity contribution in [1.29, 1.82) is 0 Å². The van der Waals surface area contributed by atoms with Gasteiger partial charge in [-0.05, 0) is 46.1 Å². The maximum Gasteiger partial charge on any atom is 0.342 e. The first-order valence-electron chi connectivity index (χ1n) is 12.8. The molecule has 39 heavy (non-hydrogen) atoms. The highest BCUT2D eigenvalue weighted by molar-refractivity contribution is 5.93. The van der Waals surface area contributed by atoms with Crippen LogP contribution in [-0.2, 0) is 47.7 Å². The molecule has 0 aromatic carbocycles. The molecule has 0 spiro atoms. The summed E-state index contributed by atoms with van der Waals surface area (Å²) in [6.07, 6.45) is -0.959. The van der Waals surface area contributed by atoms with Gasteiger partial charge in [0.2, 0.25) is 0 Å². The van der Waals surface area contributed by atoms with Crippen LogP contribution in [0.4, 0.5) is 0 Å². The molecule has 0 unspecified atom stereocenters. The summed E-state index contributed by atoms with van der Waals surface area (Å²) < 4.78 is 27.0. The molecule has 0 aromatic heterocycles. The molecule has 2 rings (SSSR count). The zero-order chi connectivity index (χ0) is 29.7. The summed E-state index contributed by atoms with van der Waals surface area (Å²) >= 11 is 0. The van der Waals surface area contributed by atoms with Gasteiger partial charge in [-0.25, -0.2) is 14.4 Å². The molecule has 11 nitrogen and oxygen atoms in total. The second kappa shape index (κ2) is 13.1. The minimum Gasteiger partial charge on any atom is -0.466 e. The molecule has 7 atom stereocenters. The van der Waals surface area contributed by atoms with Crippen molar-refractivity contribution >= 4 is 29.8 Å². The molecule has 11 heteroatoms. The first-order chi connectivity index (χ1) is 18.1. The van der Waals surface area contributed by atoms with Gasteiger partial charge in [-0.3, -0.25) is 9.59 Å². The smallest absolute Gasteiger partial charge is 0.342 e. The molecule has 0 amide bonds. The summed E-state index contributed by atoms with van der Waals surface area (Å²) in [6.45, 7) is 12.5. The Morgan fingerprint density at radius 3 is 2.44 bits per heavy atom. The average molecular weight is 551 g/mol. The van der Waals surface area contributed by atoms with Crippen molar-refractivity contribution in [3.63, 3.8) is 0 Å². The van der Waals surface area contributed by atoms with Crippen LogP contribution in [0, 0.1) is 11.8 Å². The molecular formula is C28H38O11. The molecule has 1 N–H and O–H groups in total. The number of methoxy groups -OCH3 is 1. The highest BCUT2D eigenvalue weighted by atomic mass is 16.6. The molecule has 0 radical (unpaired) electrons. The fourth-order valence-electron chi connectivity index (χ4n) is 4.19. The largest absolute Gasteiger partial charge is 0.466 e. The number of hydrogen-bond acceptors (Lipinski definition) is 11. The number of carbonyl (C=O) groups excluding carboxylic acids is 5. The normalized spacial score (nSPS) is 29.0. The Labute approximate surface area is 228 Å². The number of rotatable bonds is 8. The number of allylic oxidation sites excluding steroid dienone is 2. The van der Waals surface area contributed by atoms with E-state index >= 15 is 0 Å². The van der Waals surface area contributed by atoms with Gasteiger partial charge in [0.15, 0.2) is 17.8 Å². The summed E-state index contributed by atoms with van der Waals surface area (Å²) in [5.41, 5.74) is -1.72. The Kier molecular flexibility index (Phi) is 10.6. The summed E-state index contributed by atoms with van der Waals surface area (Å²) in [6, 6.07) is 0. The molecule has 1 aliphatic carbocycles. The van der Waals surface area contributed by atoms with Crippen molar-refractivity contribution < 1.29 is 52.8 Å². The SMILES string of the molecule is C=C1C(=O)O[C@@H]2/C=C(\C)CC/C=C(/C(=O)OC)[C@H](OC(=O)[C@H](C)CC)[C@@H](OC(=O)[C@@](C)(O)[C@H](C)OC(C)=O)[C@@H]12. The van der Waals surface area contributed by atoms with Crippen molar-refractivity contribution in [2.24, 2.45) is 11.8 Å². The van der Waals surface area contributed by atoms with Gasteiger partial charge in [0.25, 0.3) is 0 Å². The minimum atomic E-state index is -2.35. The monoisotopic (exact) mass is 550 g/mol. The van der Waals surface area contributed by atoms with Crippen LogP contribution in [0.5, 0.6) is 0 Å². The molecule has 1 heterocycles. The predicted octanol–water partition coefficient (Wildman–Crippen LogP) is 2.50. The van der Waals surface area contributed by atoms with Crippen LogP contribution in [0.3, 0.4) is 0 Å². The lowest BCUT2D eigenvalue weighted by Crippen LogP contribution is -2.53. The average Bonchev–Trinajstić information content (AvgIpc) is 3.14. The maximum absolute atomic E-state index is 13.4. The third-order valence-corrected chi connectivity index (χ3v) is 7.04. The summed E-state index contributed by atoms with van der Waals surface area (Å²) in [5, 5.41) is 11.0. The van der Waals surface area contributed by atoms with Gasteiger partial charge in [0.1, 0.15) is 12.2 Å². The van der Waals surface area contributed by atoms with Crippen LogP contribution in [0.2, 0.25) is 0 Å². The quantitative estimate of drug-likeness (QED) is 0.205. The van der Waals surface area contributed by atoms with E-state index in [4.69, 9.17) is 23.7 Å². The predicted molar refractivity (Wildman–Crippen MR) is 137 cm³/mol. The van der Waals surface area contributed by atoms with E-state index in [-0.39, 0.29) is 11.1 Å². The number of ether oxygens (including phenoxy) is 5. The van der Waals surface area contributed by atoms with Crippen molar-refractivity contribution in [1.82, 2.24) is 0 Å². The number of hydrogen-bond donors (Lipinski definition) is 1. The van der Waals surface area contributed by atoms with E-state index in [1.54, 1.807) is 19.9 Å². The molecule has 1 fully saturated rings. The molecule has 216 valence electrons. The second-order valence-electron chi connectivity index (χ2n) is 10.1. The molecule has 0 saturated carbocycles. The molecule has 2 aliphatic rings. The highest BCUT2D eigenvalue weighted by Gasteiger charge is 2.53. The maximum atomic E-state index is 13.4. The third-order valence-electron chi connectivity index (χ3n) is 7.04. The van der Waals surface area contributed by atoms with Gasteiger partial charge in [0.05, 0.1) is 24.5 Å². The van der Waals surface area contributed by atoms with Crippen LogP contribution in [0.25, 0.3) is 0 Å². The fraction of sp³-hybridized carbons (Fsp3) is 0.607. The van der Waals surface area contributed by atoms with Crippen molar-refractivity contribution in [3.05, 3.63) is 35.5 Å². The number of aliphatic hydroxyl groups is 1. The van der Waals surface area contributed by atoms with E-state index in [2.05, 4.69) is 6.58 Å². The second-order valence-corrected chi connectivity index (χ2v) is 10.1. The summed E-state index contributed by atoms with van der Waals surface area (Å²) in [7, 11) is 1.15. The van der Waals surface area contributed by atoms with Crippen LogP contribution < -0.4 is 0 Å². The standard InChI is InChI=1S/C28H38O11/c1-9-15(3)24(30)38-22-19(26(32)35-8)12-10-11-14(2)13-20-21(16(4)25(31)37-20)23(22)39-27(33)28(7,34)17(5)36-18(6)29/h12-13,15,17,20-23,34H,4,9-11H2,1-3,5-8H3/b14-13+,19-12+/t15-,17+,20-,21+,22+,23+,28+/m1/s1. The van der Waals surface area contributed by atoms with E-state index in [9.17, 15) is 29.1 Å². The van der Waals surface area contributed by atoms with E-state index in [0.29, 0.717) is 19.3 Å². The Bertz CT molecular complexity index is 1070. The van der Waals surface area contributed by atoms with Crippen LogP contribution in [-0.4, -0.2) is 72.1 Å². The lowest BCUT2D eigenvalue weighted by molar-refractivity contribution is -0.197. The fourth-order valence-corrected chi connectivity index (χ4v) is 4.19. The summed E-state index contributed by atoms with van der Waals surface area (Å²) in [5.74, 6) is -5.96. The molecule has 0 bridgehead atoms. The van der Waals surface area contributed by atoms with Gasteiger partial charge in [-0.15, -0.1) is 0 Å². The van der Waals surface area contributed by atoms with E-state index in [1.165, 1.54) is 13.0 Å². The van der Waals surface area contributed by atoms with Gasteiger partial charge in [-0.1, -0.05) is 32.1 Å². The van der Waals surface area contributed by atoms with Crippen molar-refractivity contribution in [2.45, 2.75) is 90.8 Å². The van der Waals surface area contributed by atoms with Gasteiger partial charge < -0.3 is 28.8 Å². The van der Waals surface area contributed by atoms with Gasteiger partial charge in [0, 0.05) is 12.5 Å². The zero-order valence-corrected chi connectivity index (χ0v) is 23.5. The number of carbonyl (C=O) groups is 5. The van der Waals surface area contributed by atoms with Crippen LogP contribution in [0.15, 0.2) is 35.5 Å². The van der Waals surface area contributed by atoms with Crippen molar-refractivity contribution in [3.8, 4) is 0 Å². The topological polar surface area (TPSA) is 152 Å². The summed E-state index contributed by atoms with van der Waals surface area (Å²) in [4.78, 5) is 63.5. The molecule has 1 saturated heterocycles. The molecular weight excluding hydrogens is 512 g/mol. The molecule has 1 aliphatic heterocycles. The lowest BCUT2D eigenvalue weighted by atomic mass is 9.83. The number of esters is 5. The van der Waals surface area contributed by atoms with Gasteiger partial charge in [-0.2, -0.15) is 0 Å². The van der Waals surface area contributed by atoms with Gasteiger partial charge >= 0.3 is 29.8 Å². The Hall–Kier alpha value is -3.47. The van der Waals surface area contributed by atoms with E-state index in [1.807, 2.05) is 6.92 Å². The lowest BCUT2D eigenvalue weighted by Gasteiger charge is -2.36. The van der Waals surface area contributed by atoms with Crippen LogP contribution in [0.1, 0.15) is 60.8 Å². The number of fused-ring (bicyclic) bond motifs is 1. The Balaban J connectivity index is 2.74. The minimum absolute atomic E-state index is 0.0797. The van der Waals surface area contributed by atoms with E-state index < -0.39 is 71.7 Å². The Morgan fingerprint density at radius 1 is 1.23 bits per heavy atom. The van der Waals surface area contributed by atoms with Crippen LogP contribution >= 0.6 is 0 Å². The van der Waals surface area contributed by atoms with E-state index in [0.717, 1.165) is 26.5 Å². The van der Waals surface area contributed by atoms with Crippen molar-refractivity contribution in [2.75, 3.05) is 7.11 Å².